The summed E-state index contributed by atoms with van der Waals surface area (Å²) in [5.74, 6) is 2.53. The van der Waals surface area contributed by atoms with Gasteiger partial charge in [0.2, 0.25) is 0 Å². The first-order valence-corrected chi connectivity index (χ1v) is 16.3. The van der Waals surface area contributed by atoms with Gasteiger partial charge in [-0.25, -0.2) is 0 Å². The molecule has 0 amide bonds. The molecule has 1 aliphatic heterocycles. The molecule has 1 saturated carbocycles. The fraction of sp³-hybridized carbons (Fsp3) is 0.421. The molecule has 3 N–H and O–H groups in total. The topological polar surface area (TPSA) is 88.4 Å². The third-order valence-corrected chi connectivity index (χ3v) is 9.93. The number of phenols is 2. The highest BCUT2D eigenvalue weighted by Crippen LogP contribution is 2.55. The minimum absolute atomic E-state index is 0.105. The molecule has 3 atom stereocenters. The monoisotopic (exact) mass is 594 g/mol. The molecule has 3 aliphatic rings. The van der Waals surface area contributed by atoms with Gasteiger partial charge in [0.15, 0.2) is 11.5 Å². The number of aliphatic hydroxyl groups is 1. The van der Waals surface area contributed by atoms with Crippen LogP contribution in [-0.4, -0.2) is 34.6 Å². The molecule has 0 aromatic heterocycles. The fourth-order valence-corrected chi connectivity index (χ4v) is 7.81. The van der Waals surface area contributed by atoms with Gasteiger partial charge in [-0.05, 0) is 90.3 Å². The second kappa shape index (κ2) is 11.9. The fourth-order valence-electron chi connectivity index (χ4n) is 7.81. The number of phenolic OH excluding ortho intramolecular Hbond substituents is 2. The third kappa shape index (κ3) is 5.03. The van der Waals surface area contributed by atoms with Crippen LogP contribution >= 0.6 is 0 Å². The van der Waals surface area contributed by atoms with Gasteiger partial charge in [-0.2, -0.15) is 0 Å². The Balaban J connectivity index is 1.34. The van der Waals surface area contributed by atoms with Crippen molar-refractivity contribution in [3.05, 3.63) is 76.9 Å². The largest absolute Gasteiger partial charge is 0.507 e. The first-order valence-electron chi connectivity index (χ1n) is 16.3. The van der Waals surface area contributed by atoms with Crippen molar-refractivity contribution < 1.29 is 29.5 Å². The Morgan fingerprint density at radius 3 is 2.43 bits per heavy atom. The van der Waals surface area contributed by atoms with Gasteiger partial charge < -0.3 is 29.5 Å². The molecule has 7 rings (SSSR count). The van der Waals surface area contributed by atoms with Crippen molar-refractivity contribution in [2.24, 2.45) is 0 Å². The van der Waals surface area contributed by atoms with Crippen molar-refractivity contribution in [2.75, 3.05) is 7.11 Å². The van der Waals surface area contributed by atoms with Gasteiger partial charge in [0.1, 0.15) is 23.4 Å². The van der Waals surface area contributed by atoms with Crippen molar-refractivity contribution in [3.8, 4) is 39.9 Å². The van der Waals surface area contributed by atoms with Gasteiger partial charge in [0, 0.05) is 29.0 Å². The maximum Gasteiger partial charge on any atom is 0.161 e. The van der Waals surface area contributed by atoms with Crippen LogP contribution in [0.5, 0.6) is 28.7 Å². The van der Waals surface area contributed by atoms with E-state index in [1.165, 1.54) is 5.56 Å². The second-order valence-electron chi connectivity index (χ2n) is 12.8. The zero-order chi connectivity index (χ0) is 30.4. The van der Waals surface area contributed by atoms with E-state index < -0.39 is 12.2 Å². The average molecular weight is 595 g/mol. The van der Waals surface area contributed by atoms with Crippen LogP contribution in [0.2, 0.25) is 0 Å². The first-order chi connectivity index (χ1) is 21.5. The number of benzene rings is 4. The molecule has 1 fully saturated rings. The summed E-state index contributed by atoms with van der Waals surface area (Å²) in [6.45, 7) is 2.22. The Morgan fingerprint density at radius 1 is 0.864 bits per heavy atom. The van der Waals surface area contributed by atoms with Gasteiger partial charge in [-0.1, -0.05) is 56.5 Å². The minimum Gasteiger partial charge on any atom is -0.507 e. The van der Waals surface area contributed by atoms with Crippen molar-refractivity contribution in [3.63, 3.8) is 0 Å². The number of hydrogen-bond donors (Lipinski definition) is 3. The SMILES string of the molecule is CCCCCC1Cc2cc(O)c3ccccc3c2-c2c(OC)cc3c(c21)CC(O)C(c1ccc(O)c(OC2CCCC2)c1)O3. The average Bonchev–Trinajstić information content (AvgIpc) is 3.55. The van der Waals surface area contributed by atoms with E-state index in [-0.39, 0.29) is 17.8 Å². The van der Waals surface area contributed by atoms with Crippen LogP contribution in [0.25, 0.3) is 21.9 Å². The van der Waals surface area contributed by atoms with Gasteiger partial charge >= 0.3 is 0 Å². The molecule has 4 aromatic carbocycles. The molecule has 1 heterocycles. The van der Waals surface area contributed by atoms with Crippen molar-refractivity contribution in [2.45, 2.75) is 95.4 Å². The quantitative estimate of drug-likeness (QED) is 0.177. The smallest absolute Gasteiger partial charge is 0.161 e. The number of ether oxygens (including phenoxy) is 3. The maximum atomic E-state index is 11.7. The van der Waals surface area contributed by atoms with E-state index in [0.717, 1.165) is 108 Å². The Kier molecular flexibility index (Phi) is 7.79. The molecular weight excluding hydrogens is 552 g/mol. The molecule has 2 aliphatic carbocycles. The van der Waals surface area contributed by atoms with Crippen molar-refractivity contribution >= 4 is 10.8 Å². The molecule has 6 heteroatoms. The lowest BCUT2D eigenvalue weighted by atomic mass is 9.71. The molecule has 6 nitrogen and oxygen atoms in total. The van der Waals surface area contributed by atoms with Crippen LogP contribution in [0.1, 0.15) is 92.6 Å². The highest BCUT2D eigenvalue weighted by atomic mass is 16.5. The standard InChI is InChI=1S/C38H42O6/c1-3-4-5-10-22-17-24-18-30(40)26-13-8-9-14-27(26)36(24)37-34(42-2)21-32-28(35(22)37)20-31(41)38(44-32)23-15-16-29(39)33(19-23)43-25-11-6-7-12-25/h8-9,13-16,18-19,21-22,25,31,38-41H,3-7,10-12,17,20H2,1-2H3. The Morgan fingerprint density at radius 2 is 1.66 bits per heavy atom. The summed E-state index contributed by atoms with van der Waals surface area (Å²) in [6.07, 6.45) is 8.63. The molecule has 230 valence electrons. The van der Waals surface area contributed by atoms with Crippen LogP contribution in [-0.2, 0) is 12.8 Å². The number of hydrogen-bond acceptors (Lipinski definition) is 6. The molecule has 0 spiro atoms. The van der Waals surface area contributed by atoms with Crippen LogP contribution in [0.4, 0.5) is 0 Å². The lowest BCUT2D eigenvalue weighted by molar-refractivity contribution is 0.0200. The van der Waals surface area contributed by atoms with E-state index in [9.17, 15) is 15.3 Å². The molecule has 0 bridgehead atoms. The number of unbranched alkanes of at least 4 members (excludes halogenated alkanes) is 2. The van der Waals surface area contributed by atoms with E-state index in [1.54, 1.807) is 13.2 Å². The van der Waals surface area contributed by atoms with E-state index >= 15 is 0 Å². The van der Waals surface area contributed by atoms with E-state index in [1.807, 2.05) is 42.5 Å². The van der Waals surface area contributed by atoms with Gasteiger partial charge in [0.05, 0.1) is 19.3 Å². The van der Waals surface area contributed by atoms with Crippen LogP contribution < -0.4 is 14.2 Å². The first kappa shape index (κ1) is 28.8. The number of rotatable bonds is 8. The summed E-state index contributed by atoms with van der Waals surface area (Å²) in [6, 6.07) is 17.2. The van der Waals surface area contributed by atoms with Crippen LogP contribution in [0, 0.1) is 0 Å². The molecule has 3 unspecified atom stereocenters. The summed E-state index contributed by atoms with van der Waals surface area (Å²) < 4.78 is 18.9. The lowest BCUT2D eigenvalue weighted by Crippen LogP contribution is -2.32. The molecule has 4 aromatic rings. The van der Waals surface area contributed by atoms with Gasteiger partial charge in [0.25, 0.3) is 0 Å². The van der Waals surface area contributed by atoms with E-state index in [0.29, 0.717) is 17.9 Å². The summed E-state index contributed by atoms with van der Waals surface area (Å²) in [5, 5.41) is 35.0. The van der Waals surface area contributed by atoms with Gasteiger partial charge in [-0.15, -0.1) is 0 Å². The molecule has 0 saturated heterocycles. The van der Waals surface area contributed by atoms with Crippen molar-refractivity contribution in [1.82, 2.24) is 0 Å². The molecular formula is C38H42O6. The molecule has 44 heavy (non-hydrogen) atoms. The summed E-state index contributed by atoms with van der Waals surface area (Å²) in [5.41, 5.74) is 6.29. The van der Waals surface area contributed by atoms with Crippen LogP contribution in [0.3, 0.4) is 0 Å². The summed E-state index contributed by atoms with van der Waals surface area (Å²) in [7, 11) is 1.70. The highest BCUT2D eigenvalue weighted by molar-refractivity contribution is 6.04. The summed E-state index contributed by atoms with van der Waals surface area (Å²) in [4.78, 5) is 0. The maximum absolute atomic E-state index is 11.7. The van der Waals surface area contributed by atoms with Gasteiger partial charge in [-0.3, -0.25) is 0 Å². The normalized spacial score (nSPS) is 20.9. The lowest BCUT2D eigenvalue weighted by Gasteiger charge is -2.38. The number of aliphatic hydroxyl groups excluding tert-OH is 1. The predicted molar refractivity (Wildman–Crippen MR) is 172 cm³/mol. The van der Waals surface area contributed by atoms with E-state index in [2.05, 4.69) is 13.0 Å². The van der Waals surface area contributed by atoms with E-state index in [4.69, 9.17) is 14.2 Å². The summed E-state index contributed by atoms with van der Waals surface area (Å²) >= 11 is 0. The number of aromatic hydroxyl groups is 2. The van der Waals surface area contributed by atoms with Crippen molar-refractivity contribution in [1.29, 1.82) is 0 Å². The zero-order valence-electron chi connectivity index (χ0n) is 25.6. The minimum atomic E-state index is -0.780. The zero-order valence-corrected chi connectivity index (χ0v) is 25.6. The Hall–Kier alpha value is -3.90. The second-order valence-corrected chi connectivity index (χ2v) is 12.8. The Bertz CT molecular complexity index is 1690. The molecule has 0 radical (unpaired) electrons. The third-order valence-electron chi connectivity index (χ3n) is 9.93. The number of methoxy groups -OCH3 is 1. The Labute approximate surface area is 259 Å². The number of fused-ring (bicyclic) bond motifs is 7. The van der Waals surface area contributed by atoms with Crippen LogP contribution in [0.15, 0.2) is 54.6 Å². The predicted octanol–water partition coefficient (Wildman–Crippen LogP) is 8.51. The highest BCUT2D eigenvalue weighted by Gasteiger charge is 2.39.